The third-order valence-electron chi connectivity index (χ3n) is 16.0. The first-order valence-corrected chi connectivity index (χ1v) is 37.3. The number of hydrogen-bond donors (Lipinski definition) is 22. The lowest BCUT2D eigenvalue weighted by Gasteiger charge is -2.34. The lowest BCUT2D eigenvalue weighted by atomic mass is 10.2. The molecule has 0 radical (unpaired) electrons. The van der Waals surface area contributed by atoms with Crippen molar-refractivity contribution in [2.24, 2.45) is 74.5 Å². The Kier molecular flexibility index (Phi) is 87.8. The maximum Gasteiger partial charge on any atom is 0.0110 e. The molecule has 4 heterocycles. The van der Waals surface area contributed by atoms with E-state index in [1.807, 2.05) is 0 Å². The molecule has 35 N–H and O–H groups in total. The first-order chi connectivity index (χ1) is 45.8. The Hall–Kier alpha value is -1.16. The quantitative estimate of drug-likeness (QED) is 0.0252. The molecule has 0 unspecified atom stereocenters. The smallest absolute Gasteiger partial charge is 0.0110 e. The van der Waals surface area contributed by atoms with Crippen LogP contribution in [-0.2, 0) is 0 Å². The molecular formula is C64H163N29. The number of nitrogens with zero attached hydrogens (tertiary/aromatic N) is 7. The number of unbranched alkanes of at least 4 members (excludes halogenated alkanes) is 8. The maximum absolute atomic E-state index is 5.53. The Morgan fingerprint density at radius 2 is 0.430 bits per heavy atom. The zero-order valence-electron chi connectivity index (χ0n) is 60.4. The van der Waals surface area contributed by atoms with Gasteiger partial charge in [-0.2, -0.15) is 0 Å². The highest BCUT2D eigenvalue weighted by molar-refractivity contribution is 4.74. The third kappa shape index (κ3) is 76.5. The fourth-order valence-corrected chi connectivity index (χ4v) is 10.3. The largest absolute Gasteiger partial charge is 0.330 e. The molecule has 564 valence electrons. The van der Waals surface area contributed by atoms with E-state index in [-0.39, 0.29) is 0 Å². The van der Waals surface area contributed by atoms with E-state index in [9.17, 15) is 0 Å². The van der Waals surface area contributed by atoms with Crippen molar-refractivity contribution in [2.75, 3.05) is 340 Å². The van der Waals surface area contributed by atoms with Gasteiger partial charge in [-0.3, -0.25) is 34.3 Å². The average molecular weight is 1340 g/mol. The molecule has 29 heteroatoms. The van der Waals surface area contributed by atoms with Crippen LogP contribution in [0.4, 0.5) is 0 Å². The minimum absolute atomic E-state index is 0.681. The van der Waals surface area contributed by atoms with Crippen molar-refractivity contribution in [3.8, 4) is 0 Å². The van der Waals surface area contributed by atoms with Crippen molar-refractivity contribution in [1.82, 2.24) is 82.2 Å². The van der Waals surface area contributed by atoms with E-state index < -0.39 is 0 Å². The van der Waals surface area contributed by atoms with Crippen molar-refractivity contribution in [2.45, 2.75) is 77.0 Å². The van der Waals surface area contributed by atoms with Crippen molar-refractivity contribution < 1.29 is 0 Å². The standard InChI is InChI=1S/C12H30N4.2C10H25N5.C10H25N3.2C8H20N4.C6H18N4/c13-7-3-1-4-9-15-10-5-2-6-11-16-12-8-14;11-1-3-13-4-6-15-9-7-14(5-2-12)8-10-15;11-1-2-12-3-4-13-5-8-15-9-6-14-7-10-15;11-7-3-1-5-9-13-10-6-2-4-8-12;9-1-3-11-5-7-12(4-2-10)8-6-11;9-1-2-10-3-6-12-7-4-11-5-8-12;7-1-4-10(5-2-8)6-3-9/h15-16H,1-14H2;13H,1-12H2;12-14H,1-11H2;13H,1-12H2;1-10H2;10-11H,1-9H2;1-9H2. The summed E-state index contributed by atoms with van der Waals surface area (Å²) in [4.78, 5) is 16.9. The average Bonchev–Trinajstić information content (AvgIpc) is 3.80. The van der Waals surface area contributed by atoms with Crippen LogP contribution in [0.15, 0.2) is 0 Å². The van der Waals surface area contributed by atoms with Gasteiger partial charge in [0.15, 0.2) is 0 Å². The van der Waals surface area contributed by atoms with E-state index in [1.165, 1.54) is 104 Å². The van der Waals surface area contributed by atoms with E-state index >= 15 is 0 Å². The zero-order chi connectivity index (χ0) is 68.7. The van der Waals surface area contributed by atoms with Gasteiger partial charge in [-0.1, -0.05) is 25.7 Å². The van der Waals surface area contributed by atoms with E-state index in [0.29, 0.717) is 19.6 Å². The van der Waals surface area contributed by atoms with Crippen LogP contribution in [0.1, 0.15) is 77.0 Å². The fourth-order valence-electron chi connectivity index (χ4n) is 10.3. The Labute approximate surface area is 571 Å². The summed E-state index contributed by atoms with van der Waals surface area (Å²) < 4.78 is 0. The summed E-state index contributed by atoms with van der Waals surface area (Å²) in [5.74, 6) is 0. The van der Waals surface area contributed by atoms with Gasteiger partial charge in [0.25, 0.3) is 0 Å². The second-order valence-electron chi connectivity index (χ2n) is 24.1. The molecule has 0 atom stereocenters. The van der Waals surface area contributed by atoms with Crippen molar-refractivity contribution in [1.29, 1.82) is 0 Å². The normalized spacial score (nSPS) is 15.9. The van der Waals surface area contributed by atoms with Crippen molar-refractivity contribution in [3.63, 3.8) is 0 Å². The fraction of sp³-hybridized carbons (Fsp3) is 1.00. The van der Waals surface area contributed by atoms with Gasteiger partial charge in [-0.15, -0.1) is 0 Å². The highest BCUT2D eigenvalue weighted by atomic mass is 15.3. The lowest BCUT2D eigenvalue weighted by Crippen LogP contribution is -2.49. The van der Waals surface area contributed by atoms with Gasteiger partial charge in [-0.05, 0) is 104 Å². The van der Waals surface area contributed by atoms with E-state index in [1.54, 1.807) is 0 Å². The lowest BCUT2D eigenvalue weighted by molar-refractivity contribution is 0.136. The minimum atomic E-state index is 0.681. The Balaban J connectivity index is -0.00000102. The highest BCUT2D eigenvalue weighted by Gasteiger charge is 2.16. The topological polar surface area (TPSA) is 469 Å². The summed E-state index contributed by atoms with van der Waals surface area (Å²) in [5, 5.41) is 30.2. The number of nitrogens with two attached hydrogens (primary N) is 13. The predicted octanol–water partition coefficient (Wildman–Crippen LogP) is -7.48. The molecule has 93 heavy (non-hydrogen) atoms. The van der Waals surface area contributed by atoms with Gasteiger partial charge in [0.05, 0.1) is 0 Å². The molecule has 4 saturated heterocycles. The molecule has 29 nitrogen and oxygen atoms in total. The zero-order valence-corrected chi connectivity index (χ0v) is 60.4. The molecule has 0 amide bonds. The molecule has 0 spiro atoms. The second kappa shape index (κ2) is 85.1. The molecule has 4 aliphatic heterocycles. The first kappa shape index (κ1) is 96.0. The maximum atomic E-state index is 5.53. The third-order valence-corrected chi connectivity index (χ3v) is 16.0. The van der Waals surface area contributed by atoms with Crippen LogP contribution < -0.4 is 122 Å². The van der Waals surface area contributed by atoms with Gasteiger partial charge in [0.1, 0.15) is 0 Å². The second-order valence-corrected chi connectivity index (χ2v) is 24.1. The SMILES string of the molecule is NCCCCCNCCCCCN.NCCCCCNCCCCCNCCN.NCCN(CCN)CCN.NCCN1CCN(CCN)CC1.NCCNCCN1CCN(CCN)CC1.NCCNCCN1CCNCC1.NCCNCCNCCN1CCNCC1. The number of nitrogens with one attached hydrogen (secondary N) is 9. The summed E-state index contributed by atoms with van der Waals surface area (Å²) in [7, 11) is 0. The first-order valence-electron chi connectivity index (χ1n) is 37.3. The van der Waals surface area contributed by atoms with E-state index in [2.05, 4.69) is 82.2 Å². The van der Waals surface area contributed by atoms with Crippen LogP contribution in [0.2, 0.25) is 0 Å². The molecular weight excluding hydrogens is 1170 g/mol. The van der Waals surface area contributed by atoms with Crippen molar-refractivity contribution in [3.05, 3.63) is 0 Å². The molecule has 0 aromatic rings. The molecule has 4 rings (SSSR count). The van der Waals surface area contributed by atoms with Crippen LogP contribution in [0.3, 0.4) is 0 Å². The summed E-state index contributed by atoms with van der Waals surface area (Å²) in [5.41, 5.74) is 70.3. The Morgan fingerprint density at radius 3 is 0.688 bits per heavy atom. The molecule has 0 bridgehead atoms. The van der Waals surface area contributed by atoms with Gasteiger partial charge in [-0.25, -0.2) is 0 Å². The van der Waals surface area contributed by atoms with Crippen LogP contribution in [-0.4, -0.2) is 375 Å². The minimum Gasteiger partial charge on any atom is -0.330 e. The molecule has 0 aromatic heterocycles. The van der Waals surface area contributed by atoms with E-state index in [4.69, 9.17) is 74.5 Å². The van der Waals surface area contributed by atoms with Crippen molar-refractivity contribution >= 4 is 0 Å². The van der Waals surface area contributed by atoms with E-state index in [0.717, 1.165) is 294 Å². The Morgan fingerprint density at radius 1 is 0.204 bits per heavy atom. The molecule has 4 aliphatic rings. The monoisotopic (exact) mass is 1340 g/mol. The van der Waals surface area contributed by atoms with Crippen LogP contribution in [0.25, 0.3) is 0 Å². The summed E-state index contributed by atoms with van der Waals surface area (Å²) >= 11 is 0. The van der Waals surface area contributed by atoms with Gasteiger partial charge < -0.3 is 122 Å². The summed E-state index contributed by atoms with van der Waals surface area (Å²) in [6, 6.07) is 0. The Bertz CT molecular complexity index is 1220. The molecule has 0 aromatic carbocycles. The predicted molar refractivity (Wildman–Crippen MR) is 404 cm³/mol. The summed E-state index contributed by atoms with van der Waals surface area (Å²) in [6.07, 6.45) is 14.9. The highest BCUT2D eigenvalue weighted by Crippen LogP contribution is 2.01. The number of piperazine rings is 4. The molecule has 4 fully saturated rings. The van der Waals surface area contributed by atoms with Gasteiger partial charge in [0.2, 0.25) is 0 Å². The van der Waals surface area contributed by atoms with Crippen LogP contribution in [0.5, 0.6) is 0 Å². The van der Waals surface area contributed by atoms with Crippen LogP contribution >= 0.6 is 0 Å². The summed E-state index contributed by atoms with van der Waals surface area (Å²) in [6.45, 7) is 52.3. The van der Waals surface area contributed by atoms with Gasteiger partial charge in [0, 0.05) is 288 Å². The van der Waals surface area contributed by atoms with Crippen LogP contribution in [0, 0.1) is 0 Å². The number of hydrogen-bond acceptors (Lipinski definition) is 29. The number of rotatable bonds is 53. The molecule has 0 aliphatic carbocycles. The molecule has 0 saturated carbocycles. The van der Waals surface area contributed by atoms with Gasteiger partial charge >= 0.3 is 0 Å².